The molecule has 0 saturated carbocycles. The first-order chi connectivity index (χ1) is 8.08. The van der Waals surface area contributed by atoms with Crippen LogP contribution in [0.2, 0.25) is 0 Å². The summed E-state index contributed by atoms with van der Waals surface area (Å²) in [7, 11) is 0. The number of oxime groups is 1. The number of halogens is 1. The van der Waals surface area contributed by atoms with Crippen molar-refractivity contribution in [3.8, 4) is 0 Å². The molecule has 0 aliphatic carbocycles. The van der Waals surface area contributed by atoms with Crippen LogP contribution in [0, 0.1) is 5.82 Å². The second kappa shape index (κ2) is 6.20. The van der Waals surface area contributed by atoms with Crippen molar-refractivity contribution in [2.45, 2.75) is 32.4 Å². The zero-order chi connectivity index (χ0) is 12.8. The molecule has 4 N–H and O–H groups in total. The molecule has 94 valence electrons. The minimum atomic E-state index is -0.260. The monoisotopic (exact) mass is 239 g/mol. The molecule has 0 aliphatic rings. The highest BCUT2D eigenvalue weighted by Gasteiger charge is 2.15. The molecule has 0 radical (unpaired) electrons. The molecule has 4 nitrogen and oxygen atoms in total. The number of nitrogens with two attached hydrogens (primary N) is 1. The highest BCUT2D eigenvalue weighted by molar-refractivity contribution is 5.85. The quantitative estimate of drug-likeness (QED) is 0.318. The molecule has 2 atom stereocenters. The van der Waals surface area contributed by atoms with Gasteiger partial charge < -0.3 is 16.3 Å². The van der Waals surface area contributed by atoms with Gasteiger partial charge in [0.25, 0.3) is 0 Å². The lowest BCUT2D eigenvalue weighted by Crippen LogP contribution is -2.42. The molecule has 2 unspecified atom stereocenters. The minimum Gasteiger partial charge on any atom is -0.409 e. The summed E-state index contributed by atoms with van der Waals surface area (Å²) in [6, 6.07) is 6.06. The van der Waals surface area contributed by atoms with Gasteiger partial charge in [-0.1, -0.05) is 24.2 Å². The van der Waals surface area contributed by atoms with E-state index in [0.29, 0.717) is 6.42 Å². The van der Waals surface area contributed by atoms with Crippen LogP contribution >= 0.6 is 0 Å². The molecule has 0 amide bonds. The Hall–Kier alpha value is -1.62. The van der Waals surface area contributed by atoms with E-state index in [1.54, 1.807) is 12.1 Å². The van der Waals surface area contributed by atoms with Gasteiger partial charge in [-0.05, 0) is 31.0 Å². The first-order valence-electron chi connectivity index (χ1n) is 5.57. The summed E-state index contributed by atoms with van der Waals surface area (Å²) in [6.45, 7) is 3.88. The normalized spacial score (nSPS) is 15.6. The fourth-order valence-corrected chi connectivity index (χ4v) is 1.63. The number of nitrogens with one attached hydrogen (secondary N) is 1. The first kappa shape index (κ1) is 13.4. The molecule has 0 bridgehead atoms. The van der Waals surface area contributed by atoms with Gasteiger partial charge in [0.2, 0.25) is 0 Å². The number of benzene rings is 1. The molecule has 0 spiro atoms. The molecule has 0 fully saturated rings. The van der Waals surface area contributed by atoms with Gasteiger partial charge in [-0.3, -0.25) is 0 Å². The minimum absolute atomic E-state index is 0.000787. The maximum atomic E-state index is 12.8. The Morgan fingerprint density at radius 1 is 1.47 bits per heavy atom. The molecule has 1 aromatic carbocycles. The topological polar surface area (TPSA) is 70.6 Å². The van der Waals surface area contributed by atoms with Gasteiger partial charge in [0, 0.05) is 6.04 Å². The molecule has 17 heavy (non-hydrogen) atoms. The van der Waals surface area contributed by atoms with Crippen LogP contribution in [0.15, 0.2) is 29.4 Å². The van der Waals surface area contributed by atoms with Crippen LogP contribution in [0.25, 0.3) is 0 Å². The molecule has 0 heterocycles. The first-order valence-corrected chi connectivity index (χ1v) is 5.57. The van der Waals surface area contributed by atoms with Crippen molar-refractivity contribution >= 4 is 5.84 Å². The second-order valence-electron chi connectivity index (χ2n) is 3.93. The van der Waals surface area contributed by atoms with E-state index >= 15 is 0 Å². The number of nitrogens with zero attached hydrogens (tertiary/aromatic N) is 1. The third-order valence-electron chi connectivity index (χ3n) is 2.70. The third-order valence-corrected chi connectivity index (χ3v) is 2.70. The van der Waals surface area contributed by atoms with Crippen LogP contribution in [-0.4, -0.2) is 17.1 Å². The average Bonchev–Trinajstić information content (AvgIpc) is 2.35. The lowest BCUT2D eigenvalue weighted by atomic mass is 10.1. The van der Waals surface area contributed by atoms with Crippen LogP contribution in [0.1, 0.15) is 31.9 Å². The number of rotatable bonds is 5. The van der Waals surface area contributed by atoms with Crippen LogP contribution < -0.4 is 11.1 Å². The van der Waals surface area contributed by atoms with Crippen LogP contribution in [0.3, 0.4) is 0 Å². The van der Waals surface area contributed by atoms with Crippen molar-refractivity contribution in [1.82, 2.24) is 5.32 Å². The van der Waals surface area contributed by atoms with Crippen LogP contribution in [0.4, 0.5) is 4.39 Å². The highest BCUT2D eigenvalue weighted by Crippen LogP contribution is 2.14. The van der Waals surface area contributed by atoms with Gasteiger partial charge >= 0.3 is 0 Å². The summed E-state index contributed by atoms with van der Waals surface area (Å²) >= 11 is 0. The van der Waals surface area contributed by atoms with E-state index in [4.69, 9.17) is 10.9 Å². The van der Waals surface area contributed by atoms with Crippen LogP contribution in [0.5, 0.6) is 0 Å². The van der Waals surface area contributed by atoms with Gasteiger partial charge in [0.05, 0.1) is 6.04 Å². The Balaban J connectivity index is 2.70. The fraction of sp³-hybridized carbons (Fsp3) is 0.417. The second-order valence-corrected chi connectivity index (χ2v) is 3.93. The van der Waals surface area contributed by atoms with Crippen molar-refractivity contribution in [3.63, 3.8) is 0 Å². The Morgan fingerprint density at radius 2 is 2.06 bits per heavy atom. The number of hydrogen-bond donors (Lipinski definition) is 3. The summed E-state index contributed by atoms with van der Waals surface area (Å²) < 4.78 is 12.8. The Morgan fingerprint density at radius 3 is 2.53 bits per heavy atom. The predicted octanol–water partition coefficient (Wildman–Crippen LogP) is 2.00. The van der Waals surface area contributed by atoms with Crippen molar-refractivity contribution in [2.24, 2.45) is 10.9 Å². The molecule has 0 aliphatic heterocycles. The fourth-order valence-electron chi connectivity index (χ4n) is 1.63. The molecular formula is C12H18FN3O. The maximum absolute atomic E-state index is 12.8. The third kappa shape index (κ3) is 3.71. The summed E-state index contributed by atoms with van der Waals surface area (Å²) in [6.07, 6.45) is 0.710. The van der Waals surface area contributed by atoms with Gasteiger partial charge in [-0.25, -0.2) is 4.39 Å². The van der Waals surface area contributed by atoms with Crippen molar-refractivity contribution < 1.29 is 9.60 Å². The van der Waals surface area contributed by atoms with Crippen molar-refractivity contribution in [1.29, 1.82) is 0 Å². The Kier molecular flexibility index (Phi) is 4.90. The van der Waals surface area contributed by atoms with E-state index in [9.17, 15) is 4.39 Å². The zero-order valence-electron chi connectivity index (χ0n) is 10.0. The lowest BCUT2D eigenvalue weighted by molar-refractivity contribution is 0.313. The number of amidine groups is 1. The van der Waals surface area contributed by atoms with E-state index < -0.39 is 0 Å². The molecule has 1 aromatic rings. The molecule has 1 rings (SSSR count). The molecule has 0 saturated heterocycles. The summed E-state index contributed by atoms with van der Waals surface area (Å²) in [5.74, 6) is -0.106. The summed E-state index contributed by atoms with van der Waals surface area (Å²) in [4.78, 5) is 0. The smallest absolute Gasteiger partial charge is 0.156 e. The van der Waals surface area contributed by atoms with Crippen molar-refractivity contribution in [3.05, 3.63) is 35.6 Å². The zero-order valence-corrected chi connectivity index (χ0v) is 10.0. The largest absolute Gasteiger partial charge is 0.409 e. The van der Waals surface area contributed by atoms with E-state index in [-0.39, 0.29) is 23.7 Å². The average molecular weight is 239 g/mol. The Bertz CT molecular complexity index is 378. The predicted molar refractivity (Wildman–Crippen MR) is 65.4 cm³/mol. The standard InChI is InChI=1S/C12H18FN3O/c1-3-11(12(14)16-17)15-8(2)9-4-6-10(13)7-5-9/h4-8,11,15,17H,3H2,1-2H3,(H2,14,16). The number of hydrogen-bond acceptors (Lipinski definition) is 3. The highest BCUT2D eigenvalue weighted by atomic mass is 19.1. The molecule has 5 heteroatoms. The van der Waals surface area contributed by atoms with E-state index in [1.807, 2.05) is 13.8 Å². The van der Waals surface area contributed by atoms with E-state index in [1.165, 1.54) is 12.1 Å². The molecule has 0 aromatic heterocycles. The summed E-state index contributed by atoms with van der Waals surface area (Å²) in [5.41, 5.74) is 6.51. The summed E-state index contributed by atoms with van der Waals surface area (Å²) in [5, 5.41) is 14.8. The van der Waals surface area contributed by atoms with Crippen molar-refractivity contribution in [2.75, 3.05) is 0 Å². The lowest BCUT2D eigenvalue weighted by Gasteiger charge is -2.21. The van der Waals surface area contributed by atoms with Crippen LogP contribution in [-0.2, 0) is 0 Å². The van der Waals surface area contributed by atoms with E-state index in [0.717, 1.165) is 5.56 Å². The van der Waals surface area contributed by atoms with Gasteiger partial charge in [0.15, 0.2) is 5.84 Å². The Labute approximate surface area is 100 Å². The maximum Gasteiger partial charge on any atom is 0.156 e. The molecular weight excluding hydrogens is 221 g/mol. The van der Waals surface area contributed by atoms with Gasteiger partial charge in [0.1, 0.15) is 5.82 Å². The SMILES string of the molecule is CCC(NC(C)c1ccc(F)cc1)C(N)=NO. The van der Waals surface area contributed by atoms with Gasteiger partial charge in [-0.2, -0.15) is 0 Å². The van der Waals surface area contributed by atoms with Gasteiger partial charge in [-0.15, -0.1) is 0 Å². The van der Waals surface area contributed by atoms with E-state index in [2.05, 4.69) is 10.5 Å².